The molecule has 0 aromatic rings. The van der Waals surface area contributed by atoms with Gasteiger partial charge in [-0.25, -0.2) is 0 Å². The largest absolute Gasteiger partial charge is 0.331 e. The van der Waals surface area contributed by atoms with Crippen LogP contribution in [0.5, 0.6) is 0 Å². The third kappa shape index (κ3) is 6.38. The molecule has 2 nitrogen and oxygen atoms in total. The van der Waals surface area contributed by atoms with E-state index in [1.807, 2.05) is 6.08 Å². The van der Waals surface area contributed by atoms with E-state index >= 15 is 0 Å². The van der Waals surface area contributed by atoms with Gasteiger partial charge in [0.15, 0.2) is 0 Å². The van der Waals surface area contributed by atoms with Gasteiger partial charge in [-0.3, -0.25) is 4.79 Å². The van der Waals surface area contributed by atoms with Crippen LogP contribution in [0.25, 0.3) is 0 Å². The van der Waals surface area contributed by atoms with Gasteiger partial charge in [0.2, 0.25) is 5.24 Å². The van der Waals surface area contributed by atoms with E-state index in [4.69, 9.17) is 11.6 Å². The SMILES string of the molecule is CC(=CCC[N+](C)(C)C)C(=O)Cl. The topological polar surface area (TPSA) is 17.1 Å². The maximum Gasteiger partial charge on any atom is 0.247 e. The Bertz CT molecular complexity index is 191. The quantitative estimate of drug-likeness (QED) is 0.375. The Morgan fingerprint density at radius 1 is 1.42 bits per heavy atom. The van der Waals surface area contributed by atoms with Gasteiger partial charge >= 0.3 is 0 Å². The van der Waals surface area contributed by atoms with Gasteiger partial charge in [-0.1, -0.05) is 6.08 Å². The first-order valence-electron chi connectivity index (χ1n) is 4.00. The molecule has 0 heterocycles. The van der Waals surface area contributed by atoms with E-state index in [0.29, 0.717) is 5.57 Å². The molecule has 0 spiro atoms. The fourth-order valence-corrected chi connectivity index (χ4v) is 0.826. The van der Waals surface area contributed by atoms with Gasteiger partial charge in [0.05, 0.1) is 27.7 Å². The van der Waals surface area contributed by atoms with Gasteiger partial charge in [-0.2, -0.15) is 0 Å². The van der Waals surface area contributed by atoms with Crippen LogP contribution in [0.2, 0.25) is 0 Å². The zero-order chi connectivity index (χ0) is 9.78. The highest BCUT2D eigenvalue weighted by Crippen LogP contribution is 2.02. The number of hydrogen-bond acceptors (Lipinski definition) is 1. The Labute approximate surface area is 79.4 Å². The maximum atomic E-state index is 10.6. The van der Waals surface area contributed by atoms with Crippen LogP contribution < -0.4 is 0 Å². The summed E-state index contributed by atoms with van der Waals surface area (Å²) in [6, 6.07) is 0. The van der Waals surface area contributed by atoms with Crippen LogP contribution in [-0.2, 0) is 4.79 Å². The Kier molecular flexibility index (Phi) is 4.50. The summed E-state index contributed by atoms with van der Waals surface area (Å²) in [5, 5.41) is -0.351. The zero-order valence-electron chi connectivity index (χ0n) is 8.22. The van der Waals surface area contributed by atoms with Crippen LogP contribution in [-0.4, -0.2) is 37.4 Å². The summed E-state index contributed by atoms with van der Waals surface area (Å²) < 4.78 is 0.903. The summed E-state index contributed by atoms with van der Waals surface area (Å²) in [6.07, 6.45) is 2.78. The first-order valence-corrected chi connectivity index (χ1v) is 4.38. The summed E-state index contributed by atoms with van der Waals surface area (Å²) in [6.45, 7) is 2.76. The average Bonchev–Trinajstić information content (AvgIpc) is 1.84. The lowest BCUT2D eigenvalue weighted by Gasteiger charge is -2.22. The van der Waals surface area contributed by atoms with Crippen molar-refractivity contribution in [2.75, 3.05) is 27.7 Å². The predicted molar refractivity (Wildman–Crippen MR) is 52.1 cm³/mol. The molecule has 0 atom stereocenters. The van der Waals surface area contributed by atoms with Crippen LogP contribution in [0, 0.1) is 0 Å². The van der Waals surface area contributed by atoms with E-state index in [2.05, 4.69) is 21.1 Å². The van der Waals surface area contributed by atoms with Crippen molar-refractivity contribution in [1.82, 2.24) is 0 Å². The number of allylic oxidation sites excluding steroid dienone is 1. The van der Waals surface area contributed by atoms with Gasteiger partial charge in [0.1, 0.15) is 0 Å². The number of carbonyl (C=O) groups is 1. The van der Waals surface area contributed by atoms with E-state index in [0.717, 1.165) is 17.4 Å². The molecule has 0 amide bonds. The van der Waals surface area contributed by atoms with Gasteiger partial charge in [-0.05, 0) is 18.5 Å². The predicted octanol–water partition coefficient (Wildman–Crippen LogP) is 1.79. The van der Waals surface area contributed by atoms with Crippen molar-refractivity contribution in [1.29, 1.82) is 0 Å². The lowest BCUT2D eigenvalue weighted by atomic mass is 10.2. The fourth-order valence-electron chi connectivity index (χ4n) is 0.749. The Balaban J connectivity index is 3.83. The smallest absolute Gasteiger partial charge is 0.247 e. The van der Waals surface area contributed by atoms with E-state index in [1.165, 1.54) is 0 Å². The molecule has 0 saturated heterocycles. The number of halogens is 1. The lowest BCUT2D eigenvalue weighted by molar-refractivity contribution is -0.869. The van der Waals surface area contributed by atoms with Gasteiger partial charge in [0, 0.05) is 12.0 Å². The minimum absolute atomic E-state index is 0.351. The standard InChI is InChI=1S/C9H17ClNO/c1-8(9(10)12)6-5-7-11(2,3)4/h6H,5,7H2,1-4H3/q+1. The first kappa shape index (κ1) is 11.7. The molecule has 0 aliphatic heterocycles. The van der Waals surface area contributed by atoms with Crippen molar-refractivity contribution in [3.05, 3.63) is 11.6 Å². The second kappa shape index (κ2) is 4.63. The van der Waals surface area contributed by atoms with Crippen molar-refractivity contribution >= 4 is 16.8 Å². The number of carbonyl (C=O) groups excluding carboxylic acids is 1. The second-order valence-electron chi connectivity index (χ2n) is 3.96. The molecule has 0 aliphatic carbocycles. The molecule has 0 aliphatic rings. The lowest BCUT2D eigenvalue weighted by Crippen LogP contribution is -2.34. The summed E-state index contributed by atoms with van der Waals surface area (Å²) >= 11 is 5.27. The number of nitrogens with zero attached hydrogens (tertiary/aromatic N) is 1. The van der Waals surface area contributed by atoms with Crippen LogP contribution >= 0.6 is 11.6 Å². The molecule has 3 heteroatoms. The molecule has 70 valence electrons. The molecule has 0 unspecified atom stereocenters. The van der Waals surface area contributed by atoms with Crippen LogP contribution in [0.15, 0.2) is 11.6 Å². The van der Waals surface area contributed by atoms with E-state index in [9.17, 15) is 4.79 Å². The molecule has 0 N–H and O–H groups in total. The highest BCUT2D eigenvalue weighted by molar-refractivity contribution is 6.67. The Morgan fingerprint density at radius 3 is 2.25 bits per heavy atom. The third-order valence-electron chi connectivity index (χ3n) is 1.56. The van der Waals surface area contributed by atoms with Gasteiger partial charge in [0.25, 0.3) is 0 Å². The molecular weight excluding hydrogens is 174 g/mol. The summed E-state index contributed by atoms with van der Waals surface area (Å²) in [5.74, 6) is 0. The second-order valence-corrected chi connectivity index (χ2v) is 4.31. The minimum Gasteiger partial charge on any atom is -0.331 e. The van der Waals surface area contributed by atoms with Crippen molar-refractivity contribution < 1.29 is 9.28 Å². The molecule has 0 saturated carbocycles. The third-order valence-corrected chi connectivity index (χ3v) is 1.86. The van der Waals surface area contributed by atoms with Crippen LogP contribution in [0.1, 0.15) is 13.3 Å². The molecule has 0 fully saturated rings. The van der Waals surface area contributed by atoms with Crippen LogP contribution in [0.3, 0.4) is 0 Å². The normalized spacial score (nSPS) is 13.2. The van der Waals surface area contributed by atoms with E-state index < -0.39 is 0 Å². The van der Waals surface area contributed by atoms with E-state index in [1.54, 1.807) is 6.92 Å². The Hall–Kier alpha value is -0.340. The van der Waals surface area contributed by atoms with Crippen molar-refractivity contribution in [2.24, 2.45) is 0 Å². The molecule has 0 radical (unpaired) electrons. The van der Waals surface area contributed by atoms with E-state index in [-0.39, 0.29) is 5.24 Å². The molecule has 0 aromatic heterocycles. The highest BCUT2D eigenvalue weighted by atomic mass is 35.5. The van der Waals surface area contributed by atoms with Gasteiger partial charge < -0.3 is 4.48 Å². The van der Waals surface area contributed by atoms with Gasteiger partial charge in [-0.15, -0.1) is 0 Å². The summed E-state index contributed by atoms with van der Waals surface area (Å²) in [4.78, 5) is 10.6. The highest BCUT2D eigenvalue weighted by Gasteiger charge is 2.05. The number of quaternary nitrogens is 1. The molecule has 12 heavy (non-hydrogen) atoms. The summed E-state index contributed by atoms with van der Waals surface area (Å²) in [5.41, 5.74) is 0.644. The Morgan fingerprint density at radius 2 is 1.92 bits per heavy atom. The fraction of sp³-hybridized carbons (Fsp3) is 0.667. The summed E-state index contributed by atoms with van der Waals surface area (Å²) in [7, 11) is 6.35. The first-order chi connectivity index (χ1) is 5.33. The molecule has 0 aromatic carbocycles. The van der Waals surface area contributed by atoms with Crippen molar-refractivity contribution in [2.45, 2.75) is 13.3 Å². The molecule has 0 rings (SSSR count). The zero-order valence-corrected chi connectivity index (χ0v) is 8.98. The van der Waals surface area contributed by atoms with Crippen molar-refractivity contribution in [3.63, 3.8) is 0 Å². The monoisotopic (exact) mass is 190 g/mol. The number of hydrogen-bond donors (Lipinski definition) is 0. The van der Waals surface area contributed by atoms with Crippen molar-refractivity contribution in [3.8, 4) is 0 Å². The molecule has 0 bridgehead atoms. The molecular formula is C9H17ClNO+. The maximum absolute atomic E-state index is 10.6. The minimum atomic E-state index is -0.351. The number of rotatable bonds is 4. The average molecular weight is 191 g/mol. The van der Waals surface area contributed by atoms with Crippen LogP contribution in [0.4, 0.5) is 0 Å².